The van der Waals surface area contributed by atoms with Gasteiger partial charge >= 0.3 is 5.97 Å². The summed E-state index contributed by atoms with van der Waals surface area (Å²) in [4.78, 5) is 10.3. The third-order valence-corrected chi connectivity index (χ3v) is 4.53. The van der Waals surface area contributed by atoms with Gasteiger partial charge in [0.15, 0.2) is 0 Å². The lowest BCUT2D eigenvalue weighted by Crippen LogP contribution is -2.46. The second-order valence-electron chi connectivity index (χ2n) is 4.47. The molecule has 0 bridgehead atoms. The lowest BCUT2D eigenvalue weighted by atomic mass is 10.1. The van der Waals surface area contributed by atoms with Gasteiger partial charge in [0.1, 0.15) is 0 Å². The van der Waals surface area contributed by atoms with E-state index in [9.17, 15) is 13.2 Å². The molecule has 1 heterocycles. The summed E-state index contributed by atoms with van der Waals surface area (Å²) < 4.78 is 32.7. The molecule has 0 unspecified atom stereocenters. The molecule has 0 aromatic rings. The number of carboxylic acid groups (broad SMARTS) is 1. The van der Waals surface area contributed by atoms with E-state index in [1.165, 1.54) is 4.31 Å². The molecule has 1 fully saturated rings. The second kappa shape index (κ2) is 8.47. The SMILES string of the molecule is O=C(O)CCCCCCNS(=O)(=O)N1CCOCC1. The van der Waals surface area contributed by atoms with Crippen LogP contribution in [-0.4, -0.2) is 56.6 Å². The first-order valence-electron chi connectivity index (χ1n) is 6.56. The summed E-state index contributed by atoms with van der Waals surface area (Å²) in [5.41, 5.74) is 0. The first-order valence-corrected chi connectivity index (χ1v) is 8.00. The summed E-state index contributed by atoms with van der Waals surface area (Å²) in [6.45, 7) is 2.07. The standard InChI is InChI=1S/C11H22N2O5S/c14-11(15)5-3-1-2-4-6-12-19(16,17)13-7-9-18-10-8-13/h12H,1-10H2,(H,14,15). The first kappa shape index (κ1) is 16.4. The van der Waals surface area contributed by atoms with Gasteiger partial charge < -0.3 is 9.84 Å². The summed E-state index contributed by atoms with van der Waals surface area (Å²) in [6.07, 6.45) is 3.19. The van der Waals surface area contributed by atoms with E-state index in [1.54, 1.807) is 0 Å². The van der Waals surface area contributed by atoms with Crippen molar-refractivity contribution in [3.05, 3.63) is 0 Å². The number of nitrogens with one attached hydrogen (secondary N) is 1. The Morgan fingerprint density at radius 2 is 1.79 bits per heavy atom. The van der Waals surface area contributed by atoms with Crippen molar-refractivity contribution in [2.75, 3.05) is 32.8 Å². The lowest BCUT2D eigenvalue weighted by Gasteiger charge is -2.26. The molecule has 112 valence electrons. The van der Waals surface area contributed by atoms with Crippen molar-refractivity contribution in [2.24, 2.45) is 0 Å². The molecule has 0 spiro atoms. The van der Waals surface area contributed by atoms with Crippen molar-refractivity contribution < 1.29 is 23.1 Å². The third-order valence-electron chi connectivity index (χ3n) is 2.91. The topological polar surface area (TPSA) is 95.9 Å². The highest BCUT2D eigenvalue weighted by molar-refractivity contribution is 7.87. The Morgan fingerprint density at radius 3 is 2.42 bits per heavy atom. The normalized spacial score (nSPS) is 17.5. The molecule has 0 radical (unpaired) electrons. The van der Waals surface area contributed by atoms with Gasteiger partial charge in [-0.3, -0.25) is 4.79 Å². The van der Waals surface area contributed by atoms with Crippen LogP contribution in [0.4, 0.5) is 0 Å². The summed E-state index contributed by atoms with van der Waals surface area (Å²) in [5.74, 6) is -0.784. The fraction of sp³-hybridized carbons (Fsp3) is 0.909. The quantitative estimate of drug-likeness (QED) is 0.592. The van der Waals surface area contributed by atoms with Gasteiger partial charge in [-0.15, -0.1) is 0 Å². The minimum atomic E-state index is -3.38. The van der Waals surface area contributed by atoms with Crippen molar-refractivity contribution >= 4 is 16.2 Å². The number of nitrogens with zero attached hydrogens (tertiary/aromatic N) is 1. The average molecular weight is 294 g/mol. The van der Waals surface area contributed by atoms with Crippen LogP contribution in [-0.2, 0) is 19.7 Å². The summed E-state index contributed by atoms with van der Waals surface area (Å²) in [7, 11) is -3.38. The van der Waals surface area contributed by atoms with Crippen LogP contribution < -0.4 is 4.72 Å². The van der Waals surface area contributed by atoms with E-state index in [1.807, 2.05) is 0 Å². The highest BCUT2D eigenvalue weighted by Crippen LogP contribution is 2.05. The first-order chi connectivity index (χ1) is 9.02. The van der Waals surface area contributed by atoms with Gasteiger partial charge in [-0.05, 0) is 12.8 Å². The third kappa shape index (κ3) is 6.86. The number of morpholine rings is 1. The zero-order valence-electron chi connectivity index (χ0n) is 11.0. The molecule has 1 aliphatic rings. The Balaban J connectivity index is 2.09. The summed E-state index contributed by atoms with van der Waals surface area (Å²) in [5, 5.41) is 8.46. The Morgan fingerprint density at radius 1 is 1.16 bits per heavy atom. The minimum Gasteiger partial charge on any atom is -0.481 e. The molecule has 1 saturated heterocycles. The lowest BCUT2D eigenvalue weighted by molar-refractivity contribution is -0.137. The molecule has 1 rings (SSSR count). The number of hydrogen-bond acceptors (Lipinski definition) is 4. The number of hydrogen-bond donors (Lipinski definition) is 2. The molecule has 0 amide bonds. The number of aliphatic carboxylic acids is 1. The summed E-state index contributed by atoms with van der Waals surface area (Å²) >= 11 is 0. The fourth-order valence-electron chi connectivity index (χ4n) is 1.83. The van der Waals surface area contributed by atoms with E-state index in [4.69, 9.17) is 9.84 Å². The molecule has 0 aromatic heterocycles. The van der Waals surface area contributed by atoms with Crippen molar-refractivity contribution in [1.82, 2.24) is 9.03 Å². The van der Waals surface area contributed by atoms with Crippen LogP contribution in [0.5, 0.6) is 0 Å². The van der Waals surface area contributed by atoms with E-state index in [-0.39, 0.29) is 6.42 Å². The minimum absolute atomic E-state index is 0.180. The molecular formula is C11H22N2O5S. The van der Waals surface area contributed by atoms with Gasteiger partial charge in [0.05, 0.1) is 13.2 Å². The summed E-state index contributed by atoms with van der Waals surface area (Å²) in [6, 6.07) is 0. The maximum absolute atomic E-state index is 11.8. The Labute approximate surface area is 114 Å². The van der Waals surface area contributed by atoms with Crippen LogP contribution >= 0.6 is 0 Å². The smallest absolute Gasteiger partial charge is 0.303 e. The van der Waals surface area contributed by atoms with Crippen LogP contribution in [0, 0.1) is 0 Å². The van der Waals surface area contributed by atoms with E-state index in [2.05, 4.69) is 4.72 Å². The van der Waals surface area contributed by atoms with E-state index >= 15 is 0 Å². The molecule has 1 aliphatic heterocycles. The molecule has 0 aliphatic carbocycles. The molecule has 0 atom stereocenters. The van der Waals surface area contributed by atoms with Gasteiger partial charge in [-0.1, -0.05) is 12.8 Å². The maximum atomic E-state index is 11.8. The molecule has 7 nitrogen and oxygen atoms in total. The molecule has 0 aromatic carbocycles. The van der Waals surface area contributed by atoms with Crippen LogP contribution in [0.3, 0.4) is 0 Å². The number of carboxylic acids is 1. The maximum Gasteiger partial charge on any atom is 0.303 e. The van der Waals surface area contributed by atoms with E-state index < -0.39 is 16.2 Å². The fourth-order valence-corrected chi connectivity index (χ4v) is 3.05. The number of ether oxygens (including phenoxy) is 1. The zero-order valence-corrected chi connectivity index (χ0v) is 11.8. The monoisotopic (exact) mass is 294 g/mol. The van der Waals surface area contributed by atoms with Crippen LogP contribution in [0.25, 0.3) is 0 Å². The van der Waals surface area contributed by atoms with Crippen LogP contribution in [0.15, 0.2) is 0 Å². The Hall–Kier alpha value is -0.700. The van der Waals surface area contributed by atoms with E-state index in [0.717, 1.165) is 19.3 Å². The average Bonchev–Trinajstić information content (AvgIpc) is 2.38. The van der Waals surface area contributed by atoms with Crippen molar-refractivity contribution in [3.8, 4) is 0 Å². The van der Waals surface area contributed by atoms with Gasteiger partial charge in [-0.25, -0.2) is 4.72 Å². The molecule has 8 heteroatoms. The van der Waals surface area contributed by atoms with Gasteiger partial charge in [0, 0.05) is 26.1 Å². The molecular weight excluding hydrogens is 272 g/mol. The van der Waals surface area contributed by atoms with E-state index in [0.29, 0.717) is 39.3 Å². The van der Waals surface area contributed by atoms with Crippen LogP contribution in [0.2, 0.25) is 0 Å². The predicted molar refractivity (Wildman–Crippen MR) is 70.0 cm³/mol. The predicted octanol–water partition coefficient (Wildman–Crippen LogP) is 0.188. The highest BCUT2D eigenvalue weighted by atomic mass is 32.2. The van der Waals surface area contributed by atoms with Crippen molar-refractivity contribution in [2.45, 2.75) is 32.1 Å². The van der Waals surface area contributed by atoms with Crippen LogP contribution in [0.1, 0.15) is 32.1 Å². The second-order valence-corrected chi connectivity index (χ2v) is 6.22. The van der Waals surface area contributed by atoms with Crippen molar-refractivity contribution in [1.29, 1.82) is 0 Å². The number of rotatable bonds is 9. The van der Waals surface area contributed by atoms with Gasteiger partial charge in [0.25, 0.3) is 10.2 Å². The Kier molecular flexibility index (Phi) is 7.29. The highest BCUT2D eigenvalue weighted by Gasteiger charge is 2.23. The molecule has 19 heavy (non-hydrogen) atoms. The molecule has 2 N–H and O–H groups in total. The number of carbonyl (C=O) groups is 1. The number of unbranched alkanes of at least 4 members (excludes halogenated alkanes) is 3. The Bertz CT molecular complexity index is 365. The molecule has 0 saturated carbocycles. The van der Waals surface area contributed by atoms with Gasteiger partial charge in [0.2, 0.25) is 0 Å². The zero-order chi connectivity index (χ0) is 14.1. The van der Waals surface area contributed by atoms with Gasteiger partial charge in [-0.2, -0.15) is 12.7 Å². The van der Waals surface area contributed by atoms with Crippen molar-refractivity contribution in [3.63, 3.8) is 0 Å². The largest absolute Gasteiger partial charge is 0.481 e.